The minimum atomic E-state index is -0.165. The molecule has 3 aliphatic carbocycles. The Morgan fingerprint density at radius 1 is 1.28 bits per heavy atom. The maximum atomic E-state index is 12.4. The lowest BCUT2D eigenvalue weighted by Gasteiger charge is -2.49. The summed E-state index contributed by atoms with van der Waals surface area (Å²) in [6.07, 6.45) is 2.85. The third-order valence-corrected chi connectivity index (χ3v) is 7.18. The van der Waals surface area contributed by atoms with Crippen molar-refractivity contribution in [3.05, 3.63) is 46.5 Å². The summed E-state index contributed by atoms with van der Waals surface area (Å²) >= 11 is 6.92. The minimum Gasteiger partial charge on any atom is -0.479 e. The minimum absolute atomic E-state index is 0.165. The van der Waals surface area contributed by atoms with E-state index in [2.05, 4.69) is 24.3 Å². The summed E-state index contributed by atoms with van der Waals surface area (Å²) < 4.78 is 11.1. The first kappa shape index (κ1) is 17.1. The van der Waals surface area contributed by atoms with Gasteiger partial charge in [0.25, 0.3) is 0 Å². The van der Waals surface area contributed by atoms with Gasteiger partial charge < -0.3 is 9.47 Å². The van der Waals surface area contributed by atoms with Gasteiger partial charge in [-0.3, -0.25) is 0 Å². The molecule has 3 aliphatic rings. The molecule has 1 aromatic rings. The van der Waals surface area contributed by atoms with E-state index in [-0.39, 0.29) is 11.2 Å². The molecule has 0 spiro atoms. The number of carbonyl (C=O) groups is 1. The highest BCUT2D eigenvalue weighted by Crippen LogP contribution is 2.63. The van der Waals surface area contributed by atoms with Crippen LogP contribution < -0.4 is 0 Å². The molecule has 4 atom stereocenters. The molecule has 3 nitrogen and oxygen atoms in total. The molecule has 0 saturated heterocycles. The van der Waals surface area contributed by atoms with Crippen LogP contribution in [0.2, 0.25) is 0 Å². The van der Waals surface area contributed by atoms with Crippen LogP contribution in [0.3, 0.4) is 0 Å². The molecular weight excluding hydrogens is 352 g/mol. The number of hydrogen-bond donors (Lipinski definition) is 0. The van der Waals surface area contributed by atoms with Gasteiger partial charge in [0.2, 0.25) is 4.38 Å². The van der Waals surface area contributed by atoms with Gasteiger partial charge in [-0.1, -0.05) is 41.6 Å². The molecular formula is C20H22O3S2. The molecule has 4 unspecified atom stereocenters. The van der Waals surface area contributed by atoms with E-state index in [0.29, 0.717) is 28.7 Å². The molecule has 1 fully saturated rings. The molecule has 1 saturated carbocycles. The average Bonchev–Trinajstić information content (AvgIpc) is 2.93. The van der Waals surface area contributed by atoms with E-state index < -0.39 is 0 Å². The molecule has 25 heavy (non-hydrogen) atoms. The molecule has 5 heteroatoms. The Bertz CT molecular complexity index is 755. The van der Waals surface area contributed by atoms with Crippen molar-refractivity contribution in [1.82, 2.24) is 0 Å². The Morgan fingerprint density at radius 3 is 2.84 bits per heavy atom. The van der Waals surface area contributed by atoms with Crippen molar-refractivity contribution in [1.29, 1.82) is 0 Å². The topological polar surface area (TPSA) is 35.5 Å². The van der Waals surface area contributed by atoms with Crippen molar-refractivity contribution in [3.8, 4) is 0 Å². The van der Waals surface area contributed by atoms with E-state index in [9.17, 15) is 4.79 Å². The van der Waals surface area contributed by atoms with Crippen molar-refractivity contribution in [2.45, 2.75) is 37.4 Å². The number of hydrogen-bond acceptors (Lipinski definition) is 5. The van der Waals surface area contributed by atoms with Crippen molar-refractivity contribution in [2.24, 2.45) is 11.8 Å². The maximum Gasteiger partial charge on any atom is 0.333 e. The van der Waals surface area contributed by atoms with Crippen LogP contribution in [0.1, 0.15) is 36.8 Å². The van der Waals surface area contributed by atoms with Gasteiger partial charge in [-0.2, -0.15) is 0 Å². The molecule has 0 amide bonds. The molecule has 0 aliphatic heterocycles. The predicted molar refractivity (Wildman–Crippen MR) is 104 cm³/mol. The fraction of sp³-hybridized carbons (Fsp3) is 0.500. The molecule has 0 radical (unpaired) electrons. The Hall–Kier alpha value is -1.33. The van der Waals surface area contributed by atoms with Crippen LogP contribution in [-0.4, -0.2) is 29.3 Å². The molecule has 0 bridgehead atoms. The summed E-state index contributed by atoms with van der Waals surface area (Å²) in [6, 6.07) is 8.73. The van der Waals surface area contributed by atoms with Crippen LogP contribution >= 0.6 is 24.0 Å². The number of thiocarbonyl (C=S) groups is 1. The van der Waals surface area contributed by atoms with Gasteiger partial charge in [-0.15, -0.1) is 0 Å². The van der Waals surface area contributed by atoms with E-state index in [0.717, 1.165) is 24.8 Å². The van der Waals surface area contributed by atoms with Crippen LogP contribution in [0.15, 0.2) is 35.4 Å². The summed E-state index contributed by atoms with van der Waals surface area (Å²) in [7, 11) is 1.48. The number of esters is 1. The summed E-state index contributed by atoms with van der Waals surface area (Å²) in [5.41, 5.74) is 5.16. The second-order valence-electron chi connectivity index (χ2n) is 6.93. The Labute approximate surface area is 158 Å². The van der Waals surface area contributed by atoms with Gasteiger partial charge in [-0.25, -0.2) is 4.79 Å². The standard InChI is InChI=1S/C20H22O3S2/c1-3-23-20(24)25-12-9-15-17-13-7-5-4-6-11(13)8-14(17)18(15)16(10-12)19(21)22-2/h4-7,12,14-15,17H,3,8-10H2,1-2H3. The lowest BCUT2D eigenvalue weighted by atomic mass is 9.55. The molecule has 0 aromatic heterocycles. The number of ether oxygens (including phenoxy) is 2. The molecule has 4 rings (SSSR count). The van der Waals surface area contributed by atoms with Gasteiger partial charge in [0, 0.05) is 10.8 Å². The Kier molecular flexibility index (Phi) is 4.63. The monoisotopic (exact) mass is 374 g/mol. The predicted octanol–water partition coefficient (Wildman–Crippen LogP) is 4.26. The van der Waals surface area contributed by atoms with Gasteiger partial charge in [-0.05, 0) is 67.3 Å². The number of fused-ring (bicyclic) bond motifs is 6. The SMILES string of the molecule is CCOC(=S)SC1CC(C(=O)OC)=C2C3Cc4ccccc4C3C2C1. The first-order valence-electron chi connectivity index (χ1n) is 8.86. The summed E-state index contributed by atoms with van der Waals surface area (Å²) in [4.78, 5) is 12.4. The van der Waals surface area contributed by atoms with Crippen LogP contribution in [-0.2, 0) is 20.7 Å². The number of carbonyl (C=O) groups excluding carboxylic acids is 1. The number of rotatable bonds is 3. The third kappa shape index (κ3) is 2.81. The molecule has 132 valence electrons. The van der Waals surface area contributed by atoms with Crippen molar-refractivity contribution in [2.75, 3.05) is 13.7 Å². The fourth-order valence-corrected chi connectivity index (χ4v) is 6.45. The zero-order chi connectivity index (χ0) is 17.6. The summed E-state index contributed by atoms with van der Waals surface area (Å²) in [5, 5.41) is 0.288. The zero-order valence-electron chi connectivity index (χ0n) is 14.5. The quantitative estimate of drug-likeness (QED) is 0.583. The second-order valence-corrected chi connectivity index (χ2v) is 8.83. The fourth-order valence-electron chi connectivity index (χ4n) is 4.91. The molecule has 0 heterocycles. The van der Waals surface area contributed by atoms with Gasteiger partial charge in [0.05, 0.1) is 13.7 Å². The van der Waals surface area contributed by atoms with Gasteiger partial charge in [0.1, 0.15) is 0 Å². The van der Waals surface area contributed by atoms with Gasteiger partial charge >= 0.3 is 5.97 Å². The number of allylic oxidation sites excluding steroid dienone is 1. The van der Waals surface area contributed by atoms with E-state index in [4.69, 9.17) is 21.7 Å². The van der Waals surface area contributed by atoms with Crippen molar-refractivity contribution < 1.29 is 14.3 Å². The third-order valence-electron chi connectivity index (χ3n) is 5.77. The summed E-state index contributed by atoms with van der Waals surface area (Å²) in [5.74, 6) is 1.32. The normalized spacial score (nSPS) is 29.2. The highest BCUT2D eigenvalue weighted by atomic mass is 32.2. The van der Waals surface area contributed by atoms with E-state index >= 15 is 0 Å². The van der Waals surface area contributed by atoms with E-state index in [1.54, 1.807) is 11.8 Å². The molecule has 1 aromatic carbocycles. The zero-order valence-corrected chi connectivity index (χ0v) is 16.1. The lowest BCUT2D eigenvalue weighted by molar-refractivity contribution is -0.136. The number of benzene rings is 1. The van der Waals surface area contributed by atoms with Crippen LogP contribution in [0, 0.1) is 11.8 Å². The smallest absolute Gasteiger partial charge is 0.333 e. The van der Waals surface area contributed by atoms with E-state index in [1.165, 1.54) is 23.8 Å². The van der Waals surface area contributed by atoms with Crippen LogP contribution in [0.25, 0.3) is 0 Å². The van der Waals surface area contributed by atoms with Crippen molar-refractivity contribution >= 4 is 34.3 Å². The highest BCUT2D eigenvalue weighted by molar-refractivity contribution is 8.23. The van der Waals surface area contributed by atoms with Gasteiger partial charge in [0.15, 0.2) is 0 Å². The molecule has 0 N–H and O–H groups in total. The van der Waals surface area contributed by atoms with Crippen LogP contribution in [0.5, 0.6) is 0 Å². The second kappa shape index (κ2) is 6.76. The number of thioether (sulfide) groups is 1. The van der Waals surface area contributed by atoms with Crippen LogP contribution in [0.4, 0.5) is 0 Å². The van der Waals surface area contributed by atoms with E-state index in [1.807, 2.05) is 6.92 Å². The van der Waals surface area contributed by atoms with Crippen molar-refractivity contribution in [3.63, 3.8) is 0 Å². The highest BCUT2D eigenvalue weighted by Gasteiger charge is 2.55. The number of methoxy groups -OCH3 is 1. The Morgan fingerprint density at radius 2 is 2.08 bits per heavy atom. The average molecular weight is 375 g/mol. The first-order valence-corrected chi connectivity index (χ1v) is 10.1. The lowest BCUT2D eigenvalue weighted by Crippen LogP contribution is -2.42. The largest absolute Gasteiger partial charge is 0.479 e. The Balaban J connectivity index is 1.64. The summed E-state index contributed by atoms with van der Waals surface area (Å²) in [6.45, 7) is 2.53. The first-order chi connectivity index (χ1) is 12.1. The maximum absolute atomic E-state index is 12.4.